The van der Waals surface area contributed by atoms with E-state index >= 15 is 0 Å². The summed E-state index contributed by atoms with van der Waals surface area (Å²) in [7, 11) is 3.49. The third kappa shape index (κ3) is 3.60. The molecule has 0 spiro atoms. The molecule has 0 N–H and O–H groups in total. The van der Waals surface area contributed by atoms with Crippen LogP contribution in [0.2, 0.25) is 5.02 Å². The van der Waals surface area contributed by atoms with E-state index in [9.17, 15) is 4.79 Å². The Balaban J connectivity index is 2.13. The van der Waals surface area contributed by atoms with Gasteiger partial charge in [-0.3, -0.25) is 9.69 Å². The monoisotopic (exact) mass is 377 g/mol. The lowest BCUT2D eigenvalue weighted by Crippen LogP contribution is -2.33. The Morgan fingerprint density at radius 2 is 2.08 bits per heavy atom. The summed E-state index contributed by atoms with van der Waals surface area (Å²) < 4.78 is 7.59. The van der Waals surface area contributed by atoms with Gasteiger partial charge < -0.3 is 9.30 Å². The largest absolute Gasteiger partial charge is 0.380 e. The molecule has 2 aromatic rings. The minimum Gasteiger partial charge on any atom is -0.380 e. The molecular formula is C20H28ClN3O2. The van der Waals surface area contributed by atoms with E-state index in [1.165, 1.54) is 6.42 Å². The van der Waals surface area contributed by atoms with Crippen molar-refractivity contribution >= 4 is 34.5 Å². The number of hydrogen-bond donors (Lipinski definition) is 0. The number of carbonyl (C=O) groups excluding carboxylic acids is 1. The third-order valence-corrected chi connectivity index (χ3v) is 5.32. The summed E-state index contributed by atoms with van der Waals surface area (Å²) in [6, 6.07) is 4.14. The Bertz CT molecular complexity index is 819. The number of carbonyl (C=O) groups is 1. The number of benzene rings is 1. The maximum absolute atomic E-state index is 12.8. The molecule has 0 radical (unpaired) electrons. The van der Waals surface area contributed by atoms with Crippen LogP contribution < -0.4 is 4.90 Å². The molecule has 26 heavy (non-hydrogen) atoms. The van der Waals surface area contributed by atoms with Gasteiger partial charge in [-0.2, -0.15) is 0 Å². The Hall–Kier alpha value is -1.59. The van der Waals surface area contributed by atoms with Crippen LogP contribution in [0.4, 0.5) is 5.95 Å². The van der Waals surface area contributed by atoms with Crippen molar-refractivity contribution < 1.29 is 9.53 Å². The zero-order chi connectivity index (χ0) is 19.1. The normalized spacial score (nSPS) is 15.3. The number of amides is 1. The first-order chi connectivity index (χ1) is 12.2. The fourth-order valence-electron chi connectivity index (χ4n) is 3.41. The number of hydrogen-bond acceptors (Lipinski definition) is 3. The molecule has 0 aliphatic heterocycles. The molecule has 0 atom stereocenters. The maximum atomic E-state index is 12.8. The van der Waals surface area contributed by atoms with Crippen LogP contribution in [0.5, 0.6) is 0 Å². The van der Waals surface area contributed by atoms with E-state index < -0.39 is 0 Å². The van der Waals surface area contributed by atoms with Gasteiger partial charge in [0.25, 0.3) is 0 Å². The number of rotatable bonds is 5. The van der Waals surface area contributed by atoms with Crippen LogP contribution in [0.3, 0.4) is 0 Å². The Kier molecular flexibility index (Phi) is 5.31. The molecule has 1 heterocycles. The van der Waals surface area contributed by atoms with Crippen LogP contribution in [-0.2, 0) is 16.1 Å². The van der Waals surface area contributed by atoms with Gasteiger partial charge in [0, 0.05) is 37.2 Å². The van der Waals surface area contributed by atoms with Crippen molar-refractivity contribution in [3.05, 3.63) is 22.7 Å². The molecule has 1 fully saturated rings. The molecule has 1 amide bonds. The number of methoxy groups -OCH3 is 1. The van der Waals surface area contributed by atoms with E-state index in [0.29, 0.717) is 30.0 Å². The van der Waals surface area contributed by atoms with E-state index in [4.69, 9.17) is 21.3 Å². The Labute approximate surface area is 160 Å². The molecule has 0 unspecified atom stereocenters. The summed E-state index contributed by atoms with van der Waals surface area (Å²) in [4.78, 5) is 19.3. The number of aromatic nitrogens is 2. The van der Waals surface area contributed by atoms with Gasteiger partial charge in [-0.05, 0) is 36.8 Å². The first-order valence-electron chi connectivity index (χ1n) is 9.17. The SMILES string of the molecule is COCc1c(Cl)ccc2nc(N(C)C(=O)CC(C)(C)C)n(C3CCC3)c12. The summed E-state index contributed by atoms with van der Waals surface area (Å²) in [5.74, 6) is 0.784. The van der Waals surface area contributed by atoms with Crippen molar-refractivity contribution in [1.29, 1.82) is 0 Å². The summed E-state index contributed by atoms with van der Waals surface area (Å²) in [5, 5.41) is 0.676. The van der Waals surface area contributed by atoms with E-state index in [1.54, 1.807) is 12.0 Å². The van der Waals surface area contributed by atoms with Crippen molar-refractivity contribution in [2.24, 2.45) is 5.41 Å². The van der Waals surface area contributed by atoms with Crippen LogP contribution >= 0.6 is 11.6 Å². The van der Waals surface area contributed by atoms with Crippen molar-refractivity contribution in [2.45, 2.75) is 59.1 Å². The zero-order valence-electron chi connectivity index (χ0n) is 16.3. The molecule has 1 aliphatic carbocycles. The zero-order valence-corrected chi connectivity index (χ0v) is 17.1. The van der Waals surface area contributed by atoms with E-state index in [-0.39, 0.29) is 11.3 Å². The minimum absolute atomic E-state index is 0.0663. The third-order valence-electron chi connectivity index (χ3n) is 4.97. The topological polar surface area (TPSA) is 47.4 Å². The van der Waals surface area contributed by atoms with Crippen molar-refractivity contribution in [2.75, 3.05) is 19.1 Å². The van der Waals surface area contributed by atoms with Crippen LogP contribution in [0.1, 0.15) is 58.1 Å². The molecular weight excluding hydrogens is 350 g/mol. The van der Waals surface area contributed by atoms with Gasteiger partial charge in [-0.25, -0.2) is 4.98 Å². The fraction of sp³-hybridized carbons (Fsp3) is 0.600. The number of imidazole rings is 1. The summed E-state index contributed by atoms with van der Waals surface area (Å²) in [6.45, 7) is 6.64. The molecule has 1 aromatic carbocycles. The lowest BCUT2D eigenvalue weighted by molar-refractivity contribution is -0.120. The summed E-state index contributed by atoms with van der Waals surface area (Å²) in [6.07, 6.45) is 3.87. The van der Waals surface area contributed by atoms with Gasteiger partial charge in [0.1, 0.15) is 0 Å². The molecule has 3 rings (SSSR count). The van der Waals surface area contributed by atoms with Gasteiger partial charge in [-0.15, -0.1) is 0 Å². The molecule has 6 heteroatoms. The second kappa shape index (κ2) is 7.20. The highest BCUT2D eigenvalue weighted by Gasteiger charge is 2.30. The molecule has 1 saturated carbocycles. The fourth-order valence-corrected chi connectivity index (χ4v) is 3.62. The smallest absolute Gasteiger partial charge is 0.229 e. The number of fused-ring (bicyclic) bond motifs is 1. The molecule has 5 nitrogen and oxygen atoms in total. The highest BCUT2D eigenvalue weighted by Crippen LogP contribution is 2.40. The lowest BCUT2D eigenvalue weighted by Gasteiger charge is -2.32. The second-order valence-electron chi connectivity index (χ2n) is 8.38. The van der Waals surface area contributed by atoms with E-state index in [1.807, 2.05) is 19.2 Å². The first kappa shape index (κ1) is 19.2. The average Bonchev–Trinajstić information content (AvgIpc) is 2.85. The van der Waals surface area contributed by atoms with Crippen LogP contribution in [-0.4, -0.2) is 29.6 Å². The number of ether oxygens (including phenoxy) is 1. The first-order valence-corrected chi connectivity index (χ1v) is 9.55. The quantitative estimate of drug-likeness (QED) is 0.739. The molecule has 0 bridgehead atoms. The van der Waals surface area contributed by atoms with Gasteiger partial charge >= 0.3 is 0 Å². The van der Waals surface area contributed by atoms with Crippen LogP contribution in [0.15, 0.2) is 12.1 Å². The lowest BCUT2D eigenvalue weighted by atomic mass is 9.91. The molecule has 1 aromatic heterocycles. The molecule has 142 valence electrons. The predicted molar refractivity (Wildman–Crippen MR) is 106 cm³/mol. The van der Waals surface area contributed by atoms with E-state index in [2.05, 4.69) is 25.3 Å². The Morgan fingerprint density at radius 1 is 1.38 bits per heavy atom. The predicted octanol–water partition coefficient (Wildman–Crippen LogP) is 4.96. The van der Waals surface area contributed by atoms with Gasteiger partial charge in [0.05, 0.1) is 17.6 Å². The maximum Gasteiger partial charge on any atom is 0.229 e. The van der Waals surface area contributed by atoms with Gasteiger partial charge in [-0.1, -0.05) is 32.4 Å². The van der Waals surface area contributed by atoms with Crippen molar-refractivity contribution in [3.8, 4) is 0 Å². The molecule has 0 saturated heterocycles. The van der Waals surface area contributed by atoms with Crippen molar-refractivity contribution in [3.63, 3.8) is 0 Å². The summed E-state index contributed by atoms with van der Waals surface area (Å²) >= 11 is 6.46. The average molecular weight is 378 g/mol. The number of nitrogens with zero attached hydrogens (tertiary/aromatic N) is 3. The van der Waals surface area contributed by atoms with Crippen molar-refractivity contribution in [1.82, 2.24) is 9.55 Å². The van der Waals surface area contributed by atoms with Gasteiger partial charge in [0.2, 0.25) is 11.9 Å². The number of anilines is 1. The number of halogens is 1. The second-order valence-corrected chi connectivity index (χ2v) is 8.79. The minimum atomic E-state index is -0.0663. The highest BCUT2D eigenvalue weighted by atomic mass is 35.5. The van der Waals surface area contributed by atoms with E-state index in [0.717, 1.165) is 29.4 Å². The van der Waals surface area contributed by atoms with Crippen LogP contribution in [0.25, 0.3) is 11.0 Å². The van der Waals surface area contributed by atoms with Gasteiger partial charge in [0.15, 0.2) is 0 Å². The standard InChI is InChI=1S/C20H28ClN3O2/c1-20(2,3)11-17(25)23(4)19-22-16-10-9-15(21)14(12-26-5)18(16)24(19)13-7-6-8-13/h9-10,13H,6-8,11-12H2,1-5H3. The molecule has 1 aliphatic rings. The highest BCUT2D eigenvalue weighted by molar-refractivity contribution is 6.32. The summed E-state index contributed by atoms with van der Waals surface area (Å²) in [5.41, 5.74) is 2.73. The Morgan fingerprint density at radius 3 is 2.62 bits per heavy atom. The van der Waals surface area contributed by atoms with Crippen LogP contribution in [0, 0.1) is 5.41 Å².